The summed E-state index contributed by atoms with van der Waals surface area (Å²) in [6, 6.07) is 10.9. The van der Waals surface area contributed by atoms with E-state index in [0.29, 0.717) is 21.9 Å². The Labute approximate surface area is 192 Å². The molecule has 172 valence electrons. The van der Waals surface area contributed by atoms with Gasteiger partial charge in [-0.25, -0.2) is 17.8 Å². The fourth-order valence-electron chi connectivity index (χ4n) is 3.21. The summed E-state index contributed by atoms with van der Waals surface area (Å²) in [5.74, 6) is -0.475. The third-order valence-electron chi connectivity index (χ3n) is 5.09. The molecule has 0 aliphatic heterocycles. The highest BCUT2D eigenvalue weighted by Gasteiger charge is 2.22. The van der Waals surface area contributed by atoms with Gasteiger partial charge < -0.3 is 4.90 Å². The Morgan fingerprint density at radius 3 is 2.41 bits per heavy atom. The molecule has 0 aliphatic carbocycles. The molecule has 32 heavy (non-hydrogen) atoms. The molecule has 0 saturated carbocycles. The topological polar surface area (TPSA) is 70.6 Å². The zero-order valence-electron chi connectivity index (χ0n) is 18.7. The van der Waals surface area contributed by atoms with Crippen molar-refractivity contribution in [3.05, 3.63) is 53.8 Å². The second-order valence-electron chi connectivity index (χ2n) is 8.23. The smallest absolute Gasteiger partial charge is 0.233 e. The summed E-state index contributed by atoms with van der Waals surface area (Å²) in [5, 5.41) is 0.0272. The van der Waals surface area contributed by atoms with E-state index < -0.39 is 15.1 Å². The van der Waals surface area contributed by atoms with Gasteiger partial charge in [-0.2, -0.15) is 0 Å². The summed E-state index contributed by atoms with van der Waals surface area (Å²) in [4.78, 5) is 21.7. The molecule has 0 atom stereocenters. The van der Waals surface area contributed by atoms with E-state index in [4.69, 9.17) is 0 Å². The van der Waals surface area contributed by atoms with Crippen LogP contribution in [0.5, 0.6) is 0 Å². The van der Waals surface area contributed by atoms with Gasteiger partial charge in [0.15, 0.2) is 15.0 Å². The first-order valence-electron chi connectivity index (χ1n) is 10.4. The molecule has 0 saturated heterocycles. The number of hydrogen-bond donors (Lipinski definition) is 0. The van der Waals surface area contributed by atoms with E-state index in [1.165, 1.54) is 23.5 Å². The molecule has 0 fully saturated rings. The van der Waals surface area contributed by atoms with Gasteiger partial charge in [-0.15, -0.1) is 0 Å². The number of benzene rings is 2. The van der Waals surface area contributed by atoms with Gasteiger partial charge in [-0.05, 0) is 76.8 Å². The third kappa shape index (κ3) is 5.70. The third-order valence-corrected chi connectivity index (χ3v) is 8.30. The summed E-state index contributed by atoms with van der Waals surface area (Å²) in [7, 11) is 0.584. The van der Waals surface area contributed by atoms with Crippen molar-refractivity contribution in [3.63, 3.8) is 0 Å². The predicted octanol–water partition coefficient (Wildman–Crippen LogP) is 4.14. The molecule has 2 aromatic carbocycles. The van der Waals surface area contributed by atoms with Crippen molar-refractivity contribution in [1.82, 2.24) is 9.88 Å². The van der Waals surface area contributed by atoms with Gasteiger partial charge in [-0.3, -0.25) is 9.69 Å². The monoisotopic (exact) mass is 477 g/mol. The zero-order valence-corrected chi connectivity index (χ0v) is 20.3. The summed E-state index contributed by atoms with van der Waals surface area (Å²) >= 11 is 1.29. The number of rotatable bonds is 9. The summed E-state index contributed by atoms with van der Waals surface area (Å²) in [6.45, 7) is 4.58. The molecule has 9 heteroatoms. The lowest BCUT2D eigenvalue weighted by Crippen LogP contribution is -2.34. The van der Waals surface area contributed by atoms with E-state index in [2.05, 4.69) is 4.98 Å². The van der Waals surface area contributed by atoms with E-state index in [1.807, 2.05) is 19.0 Å². The fraction of sp³-hybridized carbons (Fsp3) is 0.391. The van der Waals surface area contributed by atoms with E-state index in [0.717, 1.165) is 18.5 Å². The number of thiazole rings is 1. The Balaban J connectivity index is 1.83. The normalized spacial score (nSPS) is 12.1. The standard InChI is InChI=1S/C23H28FN3O3S2/c1-16(2)32(29,30)19-9-6-17(7-10-19)14-22(28)27(13-5-12-26(3)4)23-25-20-11-8-18(24)15-21(20)31-23/h6-11,15-16H,5,12-14H2,1-4H3. The Bertz CT molecular complexity index is 1190. The van der Waals surface area contributed by atoms with Crippen molar-refractivity contribution in [2.45, 2.75) is 36.8 Å². The van der Waals surface area contributed by atoms with Crippen LogP contribution >= 0.6 is 11.3 Å². The van der Waals surface area contributed by atoms with Crippen LogP contribution in [0.4, 0.5) is 9.52 Å². The van der Waals surface area contributed by atoms with Gasteiger partial charge in [0.2, 0.25) is 5.91 Å². The van der Waals surface area contributed by atoms with Crippen LogP contribution in [0.3, 0.4) is 0 Å². The predicted molar refractivity (Wildman–Crippen MR) is 128 cm³/mol. The van der Waals surface area contributed by atoms with Gasteiger partial charge in [-0.1, -0.05) is 23.5 Å². The minimum Gasteiger partial charge on any atom is -0.309 e. The molecule has 1 aromatic heterocycles. The second kappa shape index (κ2) is 10.1. The maximum atomic E-state index is 13.6. The first-order chi connectivity index (χ1) is 15.1. The highest BCUT2D eigenvalue weighted by molar-refractivity contribution is 7.92. The van der Waals surface area contributed by atoms with Crippen molar-refractivity contribution in [2.75, 3.05) is 32.1 Å². The number of nitrogens with zero attached hydrogens (tertiary/aromatic N) is 3. The molecule has 0 N–H and O–H groups in total. The van der Waals surface area contributed by atoms with Crippen LogP contribution in [-0.4, -0.2) is 56.6 Å². The average Bonchev–Trinajstić information content (AvgIpc) is 3.13. The average molecular weight is 478 g/mol. The molecule has 3 aromatic rings. The summed E-state index contributed by atoms with van der Waals surface area (Å²) in [6.07, 6.45) is 0.878. The number of amides is 1. The minimum atomic E-state index is -3.36. The molecule has 0 spiro atoms. The lowest BCUT2D eigenvalue weighted by atomic mass is 10.1. The summed E-state index contributed by atoms with van der Waals surface area (Å²) < 4.78 is 38.9. The number of hydrogen-bond acceptors (Lipinski definition) is 6. The molecule has 0 aliphatic rings. The summed E-state index contributed by atoms with van der Waals surface area (Å²) in [5.41, 5.74) is 1.38. The molecule has 0 bridgehead atoms. The lowest BCUT2D eigenvalue weighted by Gasteiger charge is -2.21. The van der Waals surface area contributed by atoms with Crippen molar-refractivity contribution in [3.8, 4) is 0 Å². The van der Waals surface area contributed by atoms with Crippen LogP contribution in [0.25, 0.3) is 10.2 Å². The van der Waals surface area contributed by atoms with Gasteiger partial charge in [0.1, 0.15) is 5.82 Å². The van der Waals surface area contributed by atoms with Gasteiger partial charge in [0, 0.05) is 6.54 Å². The quantitative estimate of drug-likeness (QED) is 0.463. The number of halogens is 1. The highest BCUT2D eigenvalue weighted by Crippen LogP contribution is 2.30. The van der Waals surface area contributed by atoms with Crippen molar-refractivity contribution in [2.24, 2.45) is 0 Å². The molecule has 1 amide bonds. The van der Waals surface area contributed by atoms with Crippen molar-refractivity contribution < 1.29 is 17.6 Å². The Kier molecular flexibility index (Phi) is 7.63. The number of anilines is 1. The van der Waals surface area contributed by atoms with Crippen LogP contribution in [-0.2, 0) is 21.1 Å². The maximum absolute atomic E-state index is 13.6. The highest BCUT2D eigenvalue weighted by atomic mass is 32.2. The van der Waals surface area contributed by atoms with Crippen LogP contribution < -0.4 is 4.90 Å². The Hall–Kier alpha value is -2.36. The number of carbonyl (C=O) groups excluding carboxylic acids is 1. The minimum absolute atomic E-state index is 0.119. The second-order valence-corrected chi connectivity index (χ2v) is 11.7. The van der Waals surface area contributed by atoms with E-state index in [-0.39, 0.29) is 23.0 Å². The molecule has 0 unspecified atom stereocenters. The van der Waals surface area contributed by atoms with E-state index in [1.54, 1.807) is 49.1 Å². The first-order valence-corrected chi connectivity index (χ1v) is 12.8. The first kappa shape index (κ1) is 24.3. The fourth-order valence-corrected chi connectivity index (χ4v) is 5.31. The molecule has 1 heterocycles. The van der Waals surface area contributed by atoms with Crippen LogP contribution in [0.2, 0.25) is 0 Å². The maximum Gasteiger partial charge on any atom is 0.233 e. The van der Waals surface area contributed by atoms with Gasteiger partial charge in [0.25, 0.3) is 0 Å². The van der Waals surface area contributed by atoms with Crippen LogP contribution in [0.15, 0.2) is 47.4 Å². The molecular formula is C23H28FN3O3S2. The zero-order chi connectivity index (χ0) is 23.5. The number of carbonyl (C=O) groups is 1. The Morgan fingerprint density at radius 2 is 1.78 bits per heavy atom. The largest absolute Gasteiger partial charge is 0.309 e. The van der Waals surface area contributed by atoms with Gasteiger partial charge >= 0.3 is 0 Å². The van der Waals surface area contributed by atoms with Crippen molar-refractivity contribution >= 4 is 42.4 Å². The number of aromatic nitrogens is 1. The van der Waals surface area contributed by atoms with Crippen molar-refractivity contribution in [1.29, 1.82) is 0 Å². The number of sulfone groups is 1. The molecule has 3 rings (SSSR count). The molecular weight excluding hydrogens is 449 g/mol. The molecule has 0 radical (unpaired) electrons. The Morgan fingerprint density at radius 1 is 1.09 bits per heavy atom. The molecule has 6 nitrogen and oxygen atoms in total. The van der Waals surface area contributed by atoms with Crippen LogP contribution in [0, 0.1) is 5.82 Å². The SMILES string of the molecule is CC(C)S(=O)(=O)c1ccc(CC(=O)N(CCCN(C)C)c2nc3ccc(F)cc3s2)cc1. The number of fused-ring (bicyclic) bond motifs is 1. The van der Waals surface area contributed by atoms with Crippen LogP contribution in [0.1, 0.15) is 25.8 Å². The van der Waals surface area contributed by atoms with E-state index in [9.17, 15) is 17.6 Å². The van der Waals surface area contributed by atoms with E-state index >= 15 is 0 Å². The van der Waals surface area contributed by atoms with Gasteiger partial charge in [0.05, 0.1) is 26.8 Å². The lowest BCUT2D eigenvalue weighted by molar-refractivity contribution is -0.118.